The van der Waals surface area contributed by atoms with Crippen LogP contribution in [0.1, 0.15) is 11.1 Å². The maximum Gasteiger partial charge on any atom is 0.165 e. The molecule has 0 heterocycles. The van der Waals surface area contributed by atoms with Gasteiger partial charge in [-0.1, -0.05) is 18.2 Å². The molecule has 0 aliphatic heterocycles. The predicted molar refractivity (Wildman–Crippen MR) is 65.0 cm³/mol. The van der Waals surface area contributed by atoms with E-state index in [0.29, 0.717) is 5.56 Å². The Morgan fingerprint density at radius 1 is 1.00 bits per heavy atom. The van der Waals surface area contributed by atoms with Crippen molar-refractivity contribution in [2.45, 2.75) is 13.2 Å². The van der Waals surface area contributed by atoms with Gasteiger partial charge < -0.3 is 10.5 Å². The van der Waals surface area contributed by atoms with E-state index in [2.05, 4.69) is 0 Å². The first-order valence-electron chi connectivity index (χ1n) is 5.55. The molecule has 0 fully saturated rings. The number of ether oxygens (including phenoxy) is 1. The Kier molecular flexibility index (Phi) is 3.89. The van der Waals surface area contributed by atoms with Crippen molar-refractivity contribution in [2.24, 2.45) is 5.73 Å². The standard InChI is InChI=1S/C14H13F2NO/c15-12-6-5-10(8-17)11(7-12)9-18-14-4-2-1-3-13(14)16/h1-7H,8-9,17H2. The number of nitrogens with two attached hydrogens (primary N) is 1. The summed E-state index contributed by atoms with van der Waals surface area (Å²) in [6, 6.07) is 10.4. The van der Waals surface area contributed by atoms with Crippen molar-refractivity contribution in [1.82, 2.24) is 0 Å². The van der Waals surface area contributed by atoms with Crippen LogP contribution in [0.5, 0.6) is 5.75 Å². The molecule has 4 heteroatoms. The van der Waals surface area contributed by atoms with Gasteiger partial charge >= 0.3 is 0 Å². The van der Waals surface area contributed by atoms with Crippen LogP contribution in [0.4, 0.5) is 8.78 Å². The summed E-state index contributed by atoms with van der Waals surface area (Å²) in [4.78, 5) is 0. The van der Waals surface area contributed by atoms with Crippen molar-refractivity contribution in [3.05, 3.63) is 65.2 Å². The van der Waals surface area contributed by atoms with E-state index in [4.69, 9.17) is 10.5 Å². The molecule has 2 aromatic rings. The normalized spacial score (nSPS) is 10.4. The first-order chi connectivity index (χ1) is 8.70. The molecule has 0 radical (unpaired) electrons. The largest absolute Gasteiger partial charge is 0.486 e. The number of benzene rings is 2. The monoisotopic (exact) mass is 249 g/mol. The SMILES string of the molecule is NCc1ccc(F)cc1COc1ccccc1F. The highest BCUT2D eigenvalue weighted by molar-refractivity contribution is 5.29. The fourth-order valence-corrected chi connectivity index (χ4v) is 1.65. The molecule has 94 valence electrons. The third kappa shape index (κ3) is 2.84. The Balaban J connectivity index is 2.15. The van der Waals surface area contributed by atoms with Gasteiger partial charge in [-0.3, -0.25) is 0 Å². The average Bonchev–Trinajstić information content (AvgIpc) is 2.38. The number of hydrogen-bond donors (Lipinski definition) is 1. The van der Waals surface area contributed by atoms with E-state index in [-0.39, 0.29) is 24.7 Å². The minimum atomic E-state index is -0.441. The first kappa shape index (κ1) is 12.5. The van der Waals surface area contributed by atoms with Crippen LogP contribution in [0.25, 0.3) is 0 Å². The van der Waals surface area contributed by atoms with Crippen molar-refractivity contribution in [1.29, 1.82) is 0 Å². The Hall–Kier alpha value is -1.94. The van der Waals surface area contributed by atoms with Gasteiger partial charge in [0.05, 0.1) is 0 Å². The van der Waals surface area contributed by atoms with Gasteiger partial charge in [-0.2, -0.15) is 0 Å². The highest BCUT2D eigenvalue weighted by atomic mass is 19.1. The smallest absolute Gasteiger partial charge is 0.165 e. The summed E-state index contributed by atoms with van der Waals surface area (Å²) in [5.41, 5.74) is 6.96. The summed E-state index contributed by atoms with van der Waals surface area (Å²) in [7, 11) is 0. The first-order valence-corrected chi connectivity index (χ1v) is 5.55. The van der Waals surface area contributed by atoms with Crippen LogP contribution >= 0.6 is 0 Å². The summed E-state index contributed by atoms with van der Waals surface area (Å²) in [5.74, 6) is -0.660. The van der Waals surface area contributed by atoms with Gasteiger partial charge in [0, 0.05) is 6.54 Å². The average molecular weight is 249 g/mol. The zero-order valence-corrected chi connectivity index (χ0v) is 9.70. The Morgan fingerprint density at radius 3 is 2.50 bits per heavy atom. The maximum atomic E-state index is 13.3. The Bertz CT molecular complexity index is 543. The molecule has 0 amide bonds. The Labute approximate surface area is 104 Å². The molecule has 0 aromatic heterocycles. The number of rotatable bonds is 4. The maximum absolute atomic E-state index is 13.3. The minimum absolute atomic E-state index is 0.0885. The lowest BCUT2D eigenvalue weighted by molar-refractivity contribution is 0.288. The molecule has 0 saturated carbocycles. The lowest BCUT2D eigenvalue weighted by atomic mass is 10.1. The quantitative estimate of drug-likeness (QED) is 0.904. The molecule has 2 rings (SSSR count). The fraction of sp³-hybridized carbons (Fsp3) is 0.143. The van der Waals surface area contributed by atoms with Crippen LogP contribution in [0, 0.1) is 11.6 Å². The van der Waals surface area contributed by atoms with Crippen LogP contribution in [-0.4, -0.2) is 0 Å². The molecule has 0 aliphatic carbocycles. The van der Waals surface area contributed by atoms with E-state index >= 15 is 0 Å². The van der Waals surface area contributed by atoms with E-state index in [1.54, 1.807) is 18.2 Å². The molecule has 18 heavy (non-hydrogen) atoms. The highest BCUT2D eigenvalue weighted by Crippen LogP contribution is 2.19. The molecule has 0 unspecified atom stereocenters. The lowest BCUT2D eigenvalue weighted by Gasteiger charge is -2.10. The van der Waals surface area contributed by atoms with Gasteiger partial charge in [-0.15, -0.1) is 0 Å². The van der Waals surface area contributed by atoms with Gasteiger partial charge in [0.1, 0.15) is 12.4 Å². The molecule has 0 aliphatic rings. The third-order valence-electron chi connectivity index (χ3n) is 2.61. The van der Waals surface area contributed by atoms with Crippen molar-refractivity contribution < 1.29 is 13.5 Å². The lowest BCUT2D eigenvalue weighted by Crippen LogP contribution is -2.05. The van der Waals surface area contributed by atoms with Crippen LogP contribution in [-0.2, 0) is 13.2 Å². The van der Waals surface area contributed by atoms with Gasteiger partial charge in [0.15, 0.2) is 11.6 Å². The molecule has 2 N–H and O–H groups in total. The van der Waals surface area contributed by atoms with E-state index in [1.165, 1.54) is 24.3 Å². The van der Waals surface area contributed by atoms with Crippen LogP contribution in [0.2, 0.25) is 0 Å². The second-order valence-corrected chi connectivity index (χ2v) is 3.84. The zero-order chi connectivity index (χ0) is 13.0. The molecule has 0 spiro atoms. The summed E-state index contributed by atoms with van der Waals surface area (Å²) < 4.78 is 31.8. The van der Waals surface area contributed by atoms with E-state index in [9.17, 15) is 8.78 Å². The molecular weight excluding hydrogens is 236 g/mol. The van der Waals surface area contributed by atoms with Gasteiger partial charge in [0.2, 0.25) is 0 Å². The van der Waals surface area contributed by atoms with Gasteiger partial charge in [0.25, 0.3) is 0 Å². The molecule has 0 atom stereocenters. The number of para-hydroxylation sites is 1. The summed E-state index contributed by atoms with van der Waals surface area (Å²) in [6.07, 6.45) is 0. The van der Waals surface area contributed by atoms with Crippen molar-refractivity contribution in [3.63, 3.8) is 0 Å². The van der Waals surface area contributed by atoms with Gasteiger partial charge in [-0.05, 0) is 35.4 Å². The van der Waals surface area contributed by atoms with Crippen LogP contribution in [0.15, 0.2) is 42.5 Å². The van der Waals surface area contributed by atoms with Crippen LogP contribution in [0.3, 0.4) is 0 Å². The second kappa shape index (κ2) is 5.60. The minimum Gasteiger partial charge on any atom is -0.486 e. The molecule has 0 saturated heterocycles. The van der Waals surface area contributed by atoms with Crippen LogP contribution < -0.4 is 10.5 Å². The summed E-state index contributed by atoms with van der Waals surface area (Å²) >= 11 is 0. The van der Waals surface area contributed by atoms with Crippen molar-refractivity contribution in [3.8, 4) is 5.75 Å². The second-order valence-electron chi connectivity index (χ2n) is 3.84. The van der Waals surface area contributed by atoms with Crippen molar-refractivity contribution >= 4 is 0 Å². The number of hydrogen-bond acceptors (Lipinski definition) is 2. The zero-order valence-electron chi connectivity index (χ0n) is 9.70. The molecule has 0 bridgehead atoms. The Morgan fingerprint density at radius 2 is 1.78 bits per heavy atom. The van der Waals surface area contributed by atoms with E-state index < -0.39 is 5.82 Å². The molecule has 2 aromatic carbocycles. The molecule has 2 nitrogen and oxygen atoms in total. The van der Waals surface area contributed by atoms with E-state index in [0.717, 1.165) is 5.56 Å². The third-order valence-corrected chi connectivity index (χ3v) is 2.61. The van der Waals surface area contributed by atoms with Crippen molar-refractivity contribution in [2.75, 3.05) is 0 Å². The van der Waals surface area contributed by atoms with Gasteiger partial charge in [-0.25, -0.2) is 8.78 Å². The summed E-state index contributed by atoms with van der Waals surface area (Å²) in [6.45, 7) is 0.376. The summed E-state index contributed by atoms with van der Waals surface area (Å²) in [5, 5.41) is 0. The topological polar surface area (TPSA) is 35.2 Å². The van der Waals surface area contributed by atoms with E-state index in [1.807, 2.05) is 0 Å². The predicted octanol–water partition coefficient (Wildman–Crippen LogP) is 3.00. The molecular formula is C14H13F2NO. The highest BCUT2D eigenvalue weighted by Gasteiger charge is 2.06. The number of halogens is 2. The fourth-order valence-electron chi connectivity index (χ4n) is 1.65.